The van der Waals surface area contributed by atoms with Crippen LogP contribution in [-0.4, -0.2) is 6.54 Å². The molecule has 0 bridgehead atoms. The van der Waals surface area contributed by atoms with E-state index in [4.69, 9.17) is 5.53 Å². The van der Waals surface area contributed by atoms with Gasteiger partial charge in [-0.15, -0.1) is 0 Å². The first-order chi connectivity index (χ1) is 12.4. The standard InChI is InChI=1S/C22H29N3/c23-25-24-19-13-5-3-1-2-4-12-18-22(20-14-8-6-9-15-20)21-16-10-7-11-17-21/h6-11,14-17,22H,1-5,12-13,18-19H2. The predicted octanol–water partition coefficient (Wildman–Crippen LogP) is 7.25. The van der Waals surface area contributed by atoms with E-state index < -0.39 is 0 Å². The topological polar surface area (TPSA) is 48.8 Å². The van der Waals surface area contributed by atoms with E-state index in [1.807, 2.05) is 0 Å². The fraction of sp³-hybridized carbons (Fsp3) is 0.455. The number of hydrogen-bond acceptors (Lipinski definition) is 1. The predicted molar refractivity (Wildman–Crippen MR) is 106 cm³/mol. The van der Waals surface area contributed by atoms with E-state index in [1.165, 1.54) is 56.1 Å². The third-order valence-electron chi connectivity index (χ3n) is 4.72. The van der Waals surface area contributed by atoms with Gasteiger partial charge in [0.25, 0.3) is 0 Å². The minimum absolute atomic E-state index is 0.506. The first-order valence-electron chi connectivity index (χ1n) is 9.52. The van der Waals surface area contributed by atoms with Gasteiger partial charge in [-0.3, -0.25) is 0 Å². The van der Waals surface area contributed by atoms with Crippen LogP contribution >= 0.6 is 0 Å². The highest BCUT2D eigenvalue weighted by Crippen LogP contribution is 2.29. The average Bonchev–Trinajstić information content (AvgIpc) is 2.67. The number of azide groups is 1. The fourth-order valence-corrected chi connectivity index (χ4v) is 3.36. The van der Waals surface area contributed by atoms with E-state index in [9.17, 15) is 0 Å². The lowest BCUT2D eigenvalue weighted by Crippen LogP contribution is -2.01. The molecule has 0 saturated heterocycles. The molecule has 3 nitrogen and oxygen atoms in total. The van der Waals surface area contributed by atoms with Crippen LogP contribution < -0.4 is 0 Å². The molecule has 3 heteroatoms. The molecule has 132 valence electrons. The van der Waals surface area contributed by atoms with Crippen molar-refractivity contribution in [2.45, 2.75) is 57.3 Å². The van der Waals surface area contributed by atoms with E-state index in [0.29, 0.717) is 12.5 Å². The van der Waals surface area contributed by atoms with E-state index in [-0.39, 0.29) is 0 Å². The minimum Gasteiger partial charge on any atom is -0.0940 e. The minimum atomic E-state index is 0.506. The van der Waals surface area contributed by atoms with Crippen molar-refractivity contribution in [1.29, 1.82) is 0 Å². The molecule has 2 aromatic carbocycles. The second-order valence-electron chi connectivity index (χ2n) is 6.59. The third-order valence-corrected chi connectivity index (χ3v) is 4.72. The average molecular weight is 335 g/mol. The highest BCUT2D eigenvalue weighted by molar-refractivity contribution is 5.32. The maximum absolute atomic E-state index is 8.23. The number of rotatable bonds is 12. The smallest absolute Gasteiger partial charge is 0.0257 e. The lowest BCUT2D eigenvalue weighted by atomic mass is 9.87. The molecular weight excluding hydrogens is 306 g/mol. The molecule has 25 heavy (non-hydrogen) atoms. The maximum atomic E-state index is 8.23. The van der Waals surface area contributed by atoms with Gasteiger partial charge in [-0.1, -0.05) is 104 Å². The van der Waals surface area contributed by atoms with Crippen LogP contribution in [0.1, 0.15) is 68.4 Å². The molecular formula is C22H29N3. The summed E-state index contributed by atoms with van der Waals surface area (Å²) in [6, 6.07) is 21.7. The van der Waals surface area contributed by atoms with Crippen molar-refractivity contribution in [2.24, 2.45) is 5.11 Å². The highest BCUT2D eigenvalue weighted by atomic mass is 15.1. The fourth-order valence-electron chi connectivity index (χ4n) is 3.36. The molecule has 0 radical (unpaired) electrons. The van der Waals surface area contributed by atoms with Crippen molar-refractivity contribution < 1.29 is 0 Å². The summed E-state index contributed by atoms with van der Waals surface area (Å²) in [5.41, 5.74) is 11.1. The zero-order chi connectivity index (χ0) is 17.6. The lowest BCUT2D eigenvalue weighted by Gasteiger charge is -2.18. The van der Waals surface area contributed by atoms with Gasteiger partial charge < -0.3 is 0 Å². The molecule has 2 aromatic rings. The summed E-state index contributed by atoms with van der Waals surface area (Å²) in [5, 5.41) is 3.58. The van der Waals surface area contributed by atoms with Gasteiger partial charge in [-0.25, -0.2) is 0 Å². The summed E-state index contributed by atoms with van der Waals surface area (Å²) < 4.78 is 0. The first kappa shape index (κ1) is 19.1. The van der Waals surface area contributed by atoms with Crippen LogP contribution in [0.25, 0.3) is 10.4 Å². The van der Waals surface area contributed by atoms with Crippen molar-refractivity contribution >= 4 is 0 Å². The van der Waals surface area contributed by atoms with E-state index in [1.54, 1.807) is 0 Å². The van der Waals surface area contributed by atoms with E-state index >= 15 is 0 Å². The Bertz CT molecular complexity index is 579. The maximum Gasteiger partial charge on any atom is 0.0257 e. The Morgan fingerprint density at radius 2 is 1.16 bits per heavy atom. The molecule has 0 heterocycles. The quantitative estimate of drug-likeness (QED) is 0.170. The molecule has 0 saturated carbocycles. The van der Waals surface area contributed by atoms with Gasteiger partial charge in [-0.05, 0) is 29.5 Å². The molecule has 0 amide bonds. The van der Waals surface area contributed by atoms with E-state index in [0.717, 1.165) is 6.42 Å². The Morgan fingerprint density at radius 3 is 1.68 bits per heavy atom. The van der Waals surface area contributed by atoms with Crippen LogP contribution in [-0.2, 0) is 0 Å². The lowest BCUT2D eigenvalue weighted by molar-refractivity contribution is 0.555. The van der Waals surface area contributed by atoms with Crippen LogP contribution in [0.5, 0.6) is 0 Å². The van der Waals surface area contributed by atoms with Gasteiger partial charge in [0.2, 0.25) is 0 Å². The van der Waals surface area contributed by atoms with Gasteiger partial charge in [0.1, 0.15) is 0 Å². The number of hydrogen-bond donors (Lipinski definition) is 0. The number of unbranched alkanes of at least 4 members (excludes halogenated alkanes) is 6. The monoisotopic (exact) mass is 335 g/mol. The Kier molecular flexibility index (Phi) is 9.28. The molecule has 0 atom stereocenters. The Morgan fingerprint density at radius 1 is 0.680 bits per heavy atom. The molecule has 0 aliphatic heterocycles. The Balaban J connectivity index is 1.71. The highest BCUT2D eigenvalue weighted by Gasteiger charge is 2.13. The van der Waals surface area contributed by atoms with Crippen LogP contribution in [0.4, 0.5) is 0 Å². The summed E-state index contributed by atoms with van der Waals surface area (Å²) in [6.45, 7) is 0.645. The molecule has 0 fully saturated rings. The number of benzene rings is 2. The molecule has 0 unspecified atom stereocenters. The number of nitrogens with zero attached hydrogens (tertiary/aromatic N) is 3. The molecule has 0 aliphatic carbocycles. The van der Waals surface area contributed by atoms with Gasteiger partial charge >= 0.3 is 0 Å². The summed E-state index contributed by atoms with van der Waals surface area (Å²) in [5.74, 6) is 0.506. The molecule has 0 spiro atoms. The second kappa shape index (κ2) is 12.2. The van der Waals surface area contributed by atoms with E-state index in [2.05, 4.69) is 70.7 Å². The normalized spacial score (nSPS) is 10.6. The van der Waals surface area contributed by atoms with Gasteiger partial charge in [0, 0.05) is 17.4 Å². The molecule has 0 aliphatic rings. The first-order valence-corrected chi connectivity index (χ1v) is 9.52. The molecule has 2 rings (SSSR count). The van der Waals surface area contributed by atoms with Crippen molar-refractivity contribution in [3.8, 4) is 0 Å². The van der Waals surface area contributed by atoms with Gasteiger partial charge in [0.15, 0.2) is 0 Å². The van der Waals surface area contributed by atoms with Crippen LogP contribution in [0.15, 0.2) is 65.8 Å². The van der Waals surface area contributed by atoms with Crippen molar-refractivity contribution in [1.82, 2.24) is 0 Å². The Hall–Kier alpha value is -2.25. The van der Waals surface area contributed by atoms with Crippen molar-refractivity contribution in [3.05, 3.63) is 82.2 Å². The van der Waals surface area contributed by atoms with Crippen molar-refractivity contribution in [2.75, 3.05) is 6.54 Å². The molecule has 0 aromatic heterocycles. The summed E-state index contributed by atoms with van der Waals surface area (Å²) >= 11 is 0. The van der Waals surface area contributed by atoms with Crippen LogP contribution in [0.2, 0.25) is 0 Å². The van der Waals surface area contributed by atoms with Crippen LogP contribution in [0, 0.1) is 0 Å². The second-order valence-corrected chi connectivity index (χ2v) is 6.59. The van der Waals surface area contributed by atoms with Gasteiger partial charge in [0.05, 0.1) is 0 Å². The van der Waals surface area contributed by atoms with Crippen molar-refractivity contribution in [3.63, 3.8) is 0 Å². The van der Waals surface area contributed by atoms with Gasteiger partial charge in [-0.2, -0.15) is 0 Å². The molecule has 0 N–H and O–H groups in total. The third kappa shape index (κ3) is 7.45. The van der Waals surface area contributed by atoms with Crippen LogP contribution in [0.3, 0.4) is 0 Å². The summed E-state index contributed by atoms with van der Waals surface area (Å²) in [7, 11) is 0. The summed E-state index contributed by atoms with van der Waals surface area (Å²) in [6.07, 6.45) is 9.83. The largest absolute Gasteiger partial charge is 0.0940 e. The SMILES string of the molecule is [N-]=[N+]=NCCCCCCCCCC(c1ccccc1)c1ccccc1. The summed E-state index contributed by atoms with van der Waals surface area (Å²) in [4.78, 5) is 2.79. The zero-order valence-corrected chi connectivity index (χ0v) is 15.1. The Labute approximate surface area is 151 Å². The zero-order valence-electron chi connectivity index (χ0n) is 15.1.